The average Bonchev–Trinajstić information content (AvgIpc) is 3.14. The summed E-state index contributed by atoms with van der Waals surface area (Å²) in [6, 6.07) is 1.21. The minimum atomic E-state index is -0.674. The molecular formula is C13H15N3O4S. The van der Waals surface area contributed by atoms with Crippen LogP contribution in [0.3, 0.4) is 0 Å². The number of methoxy groups -OCH3 is 1. The van der Waals surface area contributed by atoms with E-state index in [1.54, 1.807) is 6.92 Å². The van der Waals surface area contributed by atoms with Crippen molar-refractivity contribution in [3.05, 3.63) is 22.7 Å². The topological polar surface area (TPSA) is 94.3 Å². The number of hydrogen-bond donors (Lipinski definition) is 1. The molecule has 2 rings (SSSR count). The highest BCUT2D eigenvalue weighted by atomic mass is 32.1. The zero-order valence-electron chi connectivity index (χ0n) is 11.7. The monoisotopic (exact) mass is 309 g/mol. The van der Waals surface area contributed by atoms with E-state index in [0.717, 1.165) is 5.56 Å². The van der Waals surface area contributed by atoms with Crippen molar-refractivity contribution in [3.8, 4) is 11.5 Å². The second-order valence-electron chi connectivity index (χ2n) is 4.33. The molecule has 0 aliphatic carbocycles. The van der Waals surface area contributed by atoms with Crippen molar-refractivity contribution in [2.24, 2.45) is 0 Å². The van der Waals surface area contributed by atoms with Crippen LogP contribution in [0, 0.1) is 0 Å². The van der Waals surface area contributed by atoms with Gasteiger partial charge in [-0.3, -0.25) is 4.79 Å². The summed E-state index contributed by atoms with van der Waals surface area (Å²) in [7, 11) is 1.27. The van der Waals surface area contributed by atoms with Gasteiger partial charge in [-0.2, -0.15) is 11.3 Å². The first kappa shape index (κ1) is 15.2. The number of amides is 1. The number of aromatic nitrogens is 2. The molecule has 0 aromatic carbocycles. The lowest BCUT2D eigenvalue weighted by molar-refractivity contribution is -0.144. The first-order chi connectivity index (χ1) is 10.1. The van der Waals surface area contributed by atoms with Gasteiger partial charge in [-0.05, 0) is 18.4 Å². The molecule has 112 valence electrons. The number of nitrogens with zero attached hydrogens (tertiary/aromatic N) is 2. The van der Waals surface area contributed by atoms with E-state index < -0.39 is 12.0 Å². The fourth-order valence-electron chi connectivity index (χ4n) is 1.63. The van der Waals surface area contributed by atoms with Crippen LogP contribution in [0.2, 0.25) is 0 Å². The van der Waals surface area contributed by atoms with E-state index in [-0.39, 0.29) is 12.3 Å². The number of hydrogen-bond acceptors (Lipinski definition) is 7. The molecule has 0 saturated carbocycles. The molecule has 0 aliphatic rings. The maximum absolute atomic E-state index is 11.7. The third-order valence-electron chi connectivity index (χ3n) is 2.73. The number of thiophene rings is 1. The highest BCUT2D eigenvalue weighted by Gasteiger charge is 2.16. The van der Waals surface area contributed by atoms with Crippen LogP contribution < -0.4 is 5.32 Å². The summed E-state index contributed by atoms with van der Waals surface area (Å²) in [4.78, 5) is 22.9. The fraction of sp³-hybridized carbons (Fsp3) is 0.385. The van der Waals surface area contributed by atoms with Gasteiger partial charge < -0.3 is 14.5 Å². The standard InChI is InChI=1S/C13H15N3O4S/c1-8(13(18)19-2)14-10(17)3-4-11-15-16-12(20-11)9-5-6-21-7-9/h5-8H,3-4H2,1-2H3,(H,14,17)/t8-/m0/s1. The molecule has 21 heavy (non-hydrogen) atoms. The van der Waals surface area contributed by atoms with Gasteiger partial charge in [0.1, 0.15) is 6.04 Å². The van der Waals surface area contributed by atoms with Gasteiger partial charge in [-0.25, -0.2) is 4.79 Å². The van der Waals surface area contributed by atoms with E-state index in [2.05, 4.69) is 20.3 Å². The van der Waals surface area contributed by atoms with Crippen LogP contribution in [0.4, 0.5) is 0 Å². The van der Waals surface area contributed by atoms with Crippen molar-refractivity contribution in [2.45, 2.75) is 25.8 Å². The summed E-state index contributed by atoms with van der Waals surface area (Å²) >= 11 is 1.54. The zero-order valence-corrected chi connectivity index (χ0v) is 12.5. The Kier molecular flexibility index (Phi) is 5.04. The molecule has 1 amide bonds. The van der Waals surface area contributed by atoms with E-state index >= 15 is 0 Å². The van der Waals surface area contributed by atoms with E-state index in [9.17, 15) is 9.59 Å². The highest BCUT2D eigenvalue weighted by Crippen LogP contribution is 2.20. The van der Waals surface area contributed by atoms with Gasteiger partial charge in [0, 0.05) is 23.8 Å². The van der Waals surface area contributed by atoms with Gasteiger partial charge >= 0.3 is 5.97 Å². The summed E-state index contributed by atoms with van der Waals surface area (Å²) in [6.45, 7) is 1.56. The Balaban J connectivity index is 1.83. The maximum Gasteiger partial charge on any atom is 0.328 e. The number of esters is 1. The second-order valence-corrected chi connectivity index (χ2v) is 5.11. The van der Waals surface area contributed by atoms with Gasteiger partial charge in [-0.15, -0.1) is 10.2 Å². The van der Waals surface area contributed by atoms with E-state index in [1.165, 1.54) is 18.4 Å². The molecule has 1 N–H and O–H groups in total. The van der Waals surface area contributed by atoms with Crippen LogP contribution in [0.1, 0.15) is 19.2 Å². The molecular weight excluding hydrogens is 294 g/mol. The van der Waals surface area contributed by atoms with Crippen LogP contribution in [0.15, 0.2) is 21.2 Å². The van der Waals surface area contributed by atoms with E-state index in [1.807, 2.05) is 16.8 Å². The molecule has 2 aromatic heterocycles. The third kappa shape index (κ3) is 4.12. The van der Waals surface area contributed by atoms with Crippen molar-refractivity contribution >= 4 is 23.2 Å². The predicted molar refractivity (Wildman–Crippen MR) is 75.6 cm³/mol. The first-order valence-corrected chi connectivity index (χ1v) is 7.26. The number of nitrogens with one attached hydrogen (secondary N) is 1. The van der Waals surface area contributed by atoms with Gasteiger partial charge in [-0.1, -0.05) is 0 Å². The lowest BCUT2D eigenvalue weighted by Crippen LogP contribution is -2.39. The maximum atomic E-state index is 11.7. The number of ether oxygens (including phenoxy) is 1. The Morgan fingerprint density at radius 3 is 2.95 bits per heavy atom. The molecule has 0 aliphatic heterocycles. The molecule has 1 atom stereocenters. The molecule has 0 saturated heterocycles. The van der Waals surface area contributed by atoms with Crippen LogP contribution in [-0.4, -0.2) is 35.2 Å². The number of carbonyl (C=O) groups excluding carboxylic acids is 2. The van der Waals surface area contributed by atoms with Gasteiger partial charge in [0.25, 0.3) is 0 Å². The molecule has 0 bridgehead atoms. The summed E-state index contributed by atoms with van der Waals surface area (Å²) in [5.74, 6) is 0.0655. The van der Waals surface area contributed by atoms with E-state index in [0.29, 0.717) is 18.2 Å². The Bertz CT molecular complexity index is 609. The fourth-order valence-corrected chi connectivity index (χ4v) is 2.26. The SMILES string of the molecule is COC(=O)[C@H](C)NC(=O)CCc1nnc(-c2ccsc2)o1. The molecule has 2 aromatic rings. The Hall–Kier alpha value is -2.22. The summed E-state index contributed by atoms with van der Waals surface area (Å²) in [6.07, 6.45) is 0.476. The van der Waals surface area contributed by atoms with Crippen molar-refractivity contribution in [2.75, 3.05) is 7.11 Å². The molecule has 0 radical (unpaired) electrons. The lowest BCUT2D eigenvalue weighted by Gasteiger charge is -2.10. The minimum Gasteiger partial charge on any atom is -0.467 e. The quantitative estimate of drug-likeness (QED) is 0.811. The summed E-state index contributed by atoms with van der Waals surface area (Å²) in [5, 5.41) is 14.2. The Labute approximate surface area is 125 Å². The predicted octanol–water partition coefficient (Wildman–Crippen LogP) is 1.41. The van der Waals surface area contributed by atoms with Gasteiger partial charge in [0.05, 0.1) is 7.11 Å². The smallest absolute Gasteiger partial charge is 0.328 e. The molecule has 7 nitrogen and oxygen atoms in total. The molecule has 2 heterocycles. The second kappa shape index (κ2) is 6.98. The van der Waals surface area contributed by atoms with Crippen LogP contribution in [0.25, 0.3) is 11.5 Å². The first-order valence-electron chi connectivity index (χ1n) is 6.32. The normalized spacial score (nSPS) is 11.9. The van der Waals surface area contributed by atoms with Crippen molar-refractivity contribution < 1.29 is 18.7 Å². The zero-order chi connectivity index (χ0) is 15.2. The average molecular weight is 309 g/mol. The van der Waals surface area contributed by atoms with Crippen LogP contribution >= 0.6 is 11.3 Å². The van der Waals surface area contributed by atoms with Gasteiger partial charge in [0.2, 0.25) is 17.7 Å². The van der Waals surface area contributed by atoms with Crippen LogP contribution in [-0.2, 0) is 20.7 Å². The Morgan fingerprint density at radius 2 is 2.29 bits per heavy atom. The van der Waals surface area contributed by atoms with Crippen molar-refractivity contribution in [1.29, 1.82) is 0 Å². The molecule has 0 fully saturated rings. The van der Waals surface area contributed by atoms with Crippen LogP contribution in [0.5, 0.6) is 0 Å². The van der Waals surface area contributed by atoms with Crippen molar-refractivity contribution in [1.82, 2.24) is 15.5 Å². The molecule has 8 heteroatoms. The number of aryl methyl sites for hydroxylation is 1. The van der Waals surface area contributed by atoms with Gasteiger partial charge in [0.15, 0.2) is 0 Å². The third-order valence-corrected chi connectivity index (χ3v) is 3.42. The number of carbonyl (C=O) groups is 2. The lowest BCUT2D eigenvalue weighted by atomic mass is 10.2. The number of rotatable bonds is 6. The summed E-state index contributed by atoms with van der Waals surface area (Å²) < 4.78 is 9.99. The largest absolute Gasteiger partial charge is 0.467 e. The molecule has 0 spiro atoms. The van der Waals surface area contributed by atoms with E-state index in [4.69, 9.17) is 4.42 Å². The minimum absolute atomic E-state index is 0.159. The Morgan fingerprint density at radius 1 is 1.48 bits per heavy atom. The van der Waals surface area contributed by atoms with Crippen molar-refractivity contribution in [3.63, 3.8) is 0 Å². The highest BCUT2D eigenvalue weighted by molar-refractivity contribution is 7.08. The summed E-state index contributed by atoms with van der Waals surface area (Å²) in [5.41, 5.74) is 0.863. The molecule has 0 unspecified atom stereocenters.